The first-order valence-corrected chi connectivity index (χ1v) is 9.90. The maximum atomic E-state index is 13.8. The van der Waals surface area contributed by atoms with Crippen LogP contribution in [0, 0.1) is 17.6 Å². The van der Waals surface area contributed by atoms with E-state index in [0.29, 0.717) is 32.0 Å². The largest absolute Gasteiger partial charge is 0.339 e. The number of halogens is 2. The van der Waals surface area contributed by atoms with E-state index in [-0.39, 0.29) is 17.4 Å². The number of piperidine rings is 1. The summed E-state index contributed by atoms with van der Waals surface area (Å²) >= 11 is 1.56. The molecular weight excluding hydrogens is 370 g/mol. The summed E-state index contributed by atoms with van der Waals surface area (Å²) in [6, 6.07) is 10.5. The van der Waals surface area contributed by atoms with Gasteiger partial charge in [-0.2, -0.15) is 0 Å². The number of rotatable bonds is 4. The van der Waals surface area contributed by atoms with Gasteiger partial charge < -0.3 is 10.2 Å². The third-order valence-electron chi connectivity index (χ3n) is 4.68. The maximum absolute atomic E-state index is 13.8. The minimum absolute atomic E-state index is 0.0726. The van der Waals surface area contributed by atoms with E-state index >= 15 is 0 Å². The van der Waals surface area contributed by atoms with Crippen LogP contribution in [0.1, 0.15) is 23.2 Å². The fourth-order valence-corrected chi connectivity index (χ4v) is 3.71. The van der Waals surface area contributed by atoms with Gasteiger partial charge in [0.15, 0.2) is 0 Å². The van der Waals surface area contributed by atoms with Crippen LogP contribution in [0.5, 0.6) is 0 Å². The lowest BCUT2D eigenvalue weighted by atomic mass is 9.95. The highest BCUT2D eigenvalue weighted by atomic mass is 32.2. The molecule has 0 saturated carbocycles. The molecular formula is C20H20F2N2O2S. The lowest BCUT2D eigenvalue weighted by Crippen LogP contribution is -2.41. The van der Waals surface area contributed by atoms with Gasteiger partial charge in [0.05, 0.1) is 11.3 Å². The molecule has 4 nitrogen and oxygen atoms in total. The fourth-order valence-electron chi connectivity index (χ4n) is 3.16. The van der Waals surface area contributed by atoms with Crippen molar-refractivity contribution in [2.75, 3.05) is 24.7 Å². The smallest absolute Gasteiger partial charge is 0.256 e. The fraction of sp³-hybridized carbons (Fsp3) is 0.300. The van der Waals surface area contributed by atoms with Gasteiger partial charge >= 0.3 is 0 Å². The van der Waals surface area contributed by atoms with Gasteiger partial charge in [0.1, 0.15) is 11.6 Å². The molecule has 0 unspecified atom stereocenters. The summed E-state index contributed by atoms with van der Waals surface area (Å²) in [4.78, 5) is 27.5. The second-order valence-electron chi connectivity index (χ2n) is 6.38. The minimum atomic E-state index is -0.867. The van der Waals surface area contributed by atoms with Gasteiger partial charge in [0.2, 0.25) is 5.91 Å². The van der Waals surface area contributed by atoms with Crippen molar-refractivity contribution < 1.29 is 18.4 Å². The normalized spacial score (nSPS) is 14.9. The Morgan fingerprint density at radius 1 is 1.11 bits per heavy atom. The maximum Gasteiger partial charge on any atom is 0.256 e. The number of hydrogen-bond acceptors (Lipinski definition) is 3. The molecule has 7 heteroatoms. The van der Waals surface area contributed by atoms with E-state index in [4.69, 9.17) is 0 Å². The summed E-state index contributed by atoms with van der Waals surface area (Å²) < 4.78 is 26.8. The molecule has 2 amide bonds. The van der Waals surface area contributed by atoms with Crippen molar-refractivity contribution in [2.45, 2.75) is 17.7 Å². The lowest BCUT2D eigenvalue weighted by molar-refractivity contribution is -0.121. The van der Waals surface area contributed by atoms with E-state index in [1.165, 1.54) is 4.90 Å². The molecule has 0 bridgehead atoms. The highest BCUT2D eigenvalue weighted by Gasteiger charge is 2.29. The first-order valence-electron chi connectivity index (χ1n) is 8.68. The molecule has 1 fully saturated rings. The molecule has 1 heterocycles. The Labute approximate surface area is 160 Å². The summed E-state index contributed by atoms with van der Waals surface area (Å²) in [7, 11) is 0. The highest BCUT2D eigenvalue weighted by Crippen LogP contribution is 2.27. The zero-order valence-corrected chi connectivity index (χ0v) is 15.7. The number of nitrogens with one attached hydrogen (secondary N) is 1. The molecule has 2 aromatic rings. The second-order valence-corrected chi connectivity index (χ2v) is 7.23. The highest BCUT2D eigenvalue weighted by molar-refractivity contribution is 7.98. The number of para-hydroxylation sites is 1. The van der Waals surface area contributed by atoms with Gasteiger partial charge in [-0.25, -0.2) is 8.78 Å². The van der Waals surface area contributed by atoms with Crippen LogP contribution in [-0.4, -0.2) is 36.1 Å². The second kappa shape index (κ2) is 8.52. The molecule has 0 spiro atoms. The predicted octanol–water partition coefficient (Wildman–Crippen LogP) is 4.18. The number of anilines is 1. The summed E-state index contributed by atoms with van der Waals surface area (Å²) in [6.07, 6.45) is 2.95. The minimum Gasteiger partial charge on any atom is -0.339 e. The number of carbonyl (C=O) groups excluding carboxylic acids is 2. The van der Waals surface area contributed by atoms with Crippen LogP contribution in [-0.2, 0) is 4.79 Å². The van der Waals surface area contributed by atoms with Gasteiger partial charge in [0, 0.05) is 30.0 Å². The first-order chi connectivity index (χ1) is 13.0. The molecule has 2 aromatic carbocycles. The van der Waals surface area contributed by atoms with E-state index in [0.717, 1.165) is 22.7 Å². The Bertz CT molecular complexity index is 852. The van der Waals surface area contributed by atoms with E-state index in [9.17, 15) is 18.4 Å². The third-order valence-corrected chi connectivity index (χ3v) is 5.48. The quantitative estimate of drug-likeness (QED) is 0.797. The number of benzene rings is 2. The van der Waals surface area contributed by atoms with E-state index in [2.05, 4.69) is 5.32 Å². The number of amides is 2. The van der Waals surface area contributed by atoms with Crippen LogP contribution in [0.4, 0.5) is 14.5 Å². The molecule has 1 aliphatic rings. The molecule has 3 rings (SSSR count). The van der Waals surface area contributed by atoms with Crippen molar-refractivity contribution >= 4 is 29.3 Å². The van der Waals surface area contributed by atoms with Crippen molar-refractivity contribution in [1.82, 2.24) is 4.90 Å². The van der Waals surface area contributed by atoms with E-state index < -0.39 is 17.5 Å². The Kier molecular flexibility index (Phi) is 6.11. The summed E-state index contributed by atoms with van der Waals surface area (Å²) in [5.74, 6) is -2.34. The Hall–Kier alpha value is -2.41. The first kappa shape index (κ1) is 19.4. The number of nitrogens with zero attached hydrogens (tertiary/aromatic N) is 1. The molecule has 27 heavy (non-hydrogen) atoms. The number of thioether (sulfide) groups is 1. The van der Waals surface area contributed by atoms with Crippen molar-refractivity contribution in [3.05, 3.63) is 59.7 Å². The van der Waals surface area contributed by atoms with Gasteiger partial charge in [-0.1, -0.05) is 12.1 Å². The van der Waals surface area contributed by atoms with Crippen molar-refractivity contribution in [2.24, 2.45) is 5.92 Å². The summed E-state index contributed by atoms with van der Waals surface area (Å²) in [6.45, 7) is 0.718. The standard InChI is InChI=1S/C20H20F2N2O2S/c1-27-18-5-3-2-4-17(18)23-19(25)13-8-10-24(11-9-13)20(26)15-7-6-14(21)12-16(15)22/h2-7,12-13H,8-11H2,1H3,(H,23,25). The van der Waals surface area contributed by atoms with Gasteiger partial charge in [-0.15, -0.1) is 11.8 Å². The molecule has 1 saturated heterocycles. The number of hydrogen-bond donors (Lipinski definition) is 1. The van der Waals surface area contributed by atoms with Crippen LogP contribution in [0.25, 0.3) is 0 Å². The average Bonchev–Trinajstić information content (AvgIpc) is 2.68. The zero-order chi connectivity index (χ0) is 19.4. The molecule has 0 aliphatic carbocycles. The molecule has 0 atom stereocenters. The van der Waals surface area contributed by atoms with Crippen LogP contribution < -0.4 is 5.32 Å². The molecule has 0 radical (unpaired) electrons. The molecule has 0 aromatic heterocycles. The van der Waals surface area contributed by atoms with E-state index in [1.807, 2.05) is 30.5 Å². The SMILES string of the molecule is CSc1ccccc1NC(=O)C1CCN(C(=O)c2ccc(F)cc2F)CC1. The summed E-state index contributed by atoms with van der Waals surface area (Å²) in [5, 5.41) is 2.96. The Balaban J connectivity index is 1.59. The monoisotopic (exact) mass is 390 g/mol. The van der Waals surface area contributed by atoms with Gasteiger partial charge in [-0.05, 0) is 43.4 Å². The third kappa shape index (κ3) is 4.47. The van der Waals surface area contributed by atoms with Crippen molar-refractivity contribution in [1.29, 1.82) is 0 Å². The predicted molar refractivity (Wildman–Crippen MR) is 102 cm³/mol. The molecule has 1 aliphatic heterocycles. The molecule has 142 valence electrons. The Morgan fingerprint density at radius 3 is 2.48 bits per heavy atom. The van der Waals surface area contributed by atoms with Crippen molar-refractivity contribution in [3.63, 3.8) is 0 Å². The van der Waals surface area contributed by atoms with Crippen LogP contribution in [0.15, 0.2) is 47.4 Å². The summed E-state index contributed by atoms with van der Waals surface area (Å²) in [5.41, 5.74) is 0.634. The van der Waals surface area contributed by atoms with Gasteiger partial charge in [-0.3, -0.25) is 9.59 Å². The van der Waals surface area contributed by atoms with Crippen LogP contribution in [0.2, 0.25) is 0 Å². The Morgan fingerprint density at radius 2 is 1.81 bits per heavy atom. The van der Waals surface area contributed by atoms with Crippen LogP contribution >= 0.6 is 11.8 Å². The molecule has 1 N–H and O–H groups in total. The topological polar surface area (TPSA) is 49.4 Å². The van der Waals surface area contributed by atoms with Crippen molar-refractivity contribution in [3.8, 4) is 0 Å². The van der Waals surface area contributed by atoms with Gasteiger partial charge in [0.25, 0.3) is 5.91 Å². The average molecular weight is 390 g/mol. The number of carbonyl (C=O) groups is 2. The van der Waals surface area contributed by atoms with E-state index in [1.54, 1.807) is 11.8 Å². The zero-order valence-electron chi connectivity index (χ0n) is 14.9. The van der Waals surface area contributed by atoms with Crippen LogP contribution in [0.3, 0.4) is 0 Å². The number of likely N-dealkylation sites (tertiary alicyclic amines) is 1. The lowest BCUT2D eigenvalue weighted by Gasteiger charge is -2.31.